The Morgan fingerprint density at radius 3 is 2.89 bits per heavy atom. The molecule has 102 valence electrons. The molecule has 19 heavy (non-hydrogen) atoms. The molecule has 0 aliphatic carbocycles. The van der Waals surface area contributed by atoms with Crippen molar-refractivity contribution < 1.29 is 4.74 Å². The number of nitrogens with one attached hydrogen (secondary N) is 1. The molecule has 1 heterocycles. The van der Waals surface area contributed by atoms with Gasteiger partial charge >= 0.3 is 0 Å². The Morgan fingerprint density at radius 1 is 1.42 bits per heavy atom. The van der Waals surface area contributed by atoms with E-state index >= 15 is 0 Å². The van der Waals surface area contributed by atoms with Crippen molar-refractivity contribution in [2.75, 3.05) is 18.2 Å². The molecule has 5 heteroatoms. The zero-order valence-corrected chi connectivity index (χ0v) is 11.6. The predicted octanol–water partition coefficient (Wildman–Crippen LogP) is 2.19. The van der Waals surface area contributed by atoms with Crippen molar-refractivity contribution in [1.82, 2.24) is 9.78 Å². The fourth-order valence-electron chi connectivity index (χ4n) is 2.03. The molecule has 0 bridgehead atoms. The number of rotatable bonds is 5. The summed E-state index contributed by atoms with van der Waals surface area (Å²) in [5, 5.41) is 7.75. The van der Waals surface area contributed by atoms with Gasteiger partial charge in [-0.3, -0.25) is 4.68 Å². The topological polar surface area (TPSA) is 65.1 Å². The Hall–Kier alpha value is -2.17. The largest absolute Gasteiger partial charge is 0.497 e. The van der Waals surface area contributed by atoms with Gasteiger partial charge in [-0.15, -0.1) is 0 Å². The lowest BCUT2D eigenvalue weighted by Crippen LogP contribution is -2.04. The highest BCUT2D eigenvalue weighted by Crippen LogP contribution is 2.25. The molecule has 0 aliphatic rings. The van der Waals surface area contributed by atoms with Crippen molar-refractivity contribution in [2.24, 2.45) is 7.05 Å². The Labute approximate surface area is 113 Å². The third kappa shape index (κ3) is 2.99. The minimum absolute atomic E-state index is 0.703. The summed E-state index contributed by atoms with van der Waals surface area (Å²) in [5.74, 6) is 0.790. The Balaban J connectivity index is 2.13. The highest BCUT2D eigenvalue weighted by atomic mass is 16.5. The summed E-state index contributed by atoms with van der Waals surface area (Å²) in [7, 11) is 3.58. The van der Waals surface area contributed by atoms with Gasteiger partial charge in [-0.2, -0.15) is 5.10 Å². The van der Waals surface area contributed by atoms with E-state index in [1.54, 1.807) is 7.11 Å². The molecule has 0 aliphatic heterocycles. The van der Waals surface area contributed by atoms with Crippen LogP contribution < -0.4 is 15.8 Å². The van der Waals surface area contributed by atoms with Gasteiger partial charge in [0, 0.05) is 31.4 Å². The second-order valence-electron chi connectivity index (χ2n) is 4.43. The van der Waals surface area contributed by atoms with Crippen LogP contribution in [0.5, 0.6) is 5.75 Å². The maximum atomic E-state index is 5.95. The number of nitrogen functional groups attached to an aromatic ring is 1. The minimum Gasteiger partial charge on any atom is -0.497 e. The van der Waals surface area contributed by atoms with E-state index in [0.29, 0.717) is 12.2 Å². The van der Waals surface area contributed by atoms with E-state index in [2.05, 4.69) is 17.3 Å². The van der Waals surface area contributed by atoms with E-state index in [4.69, 9.17) is 10.5 Å². The number of methoxy groups -OCH3 is 1. The standard InChI is InChI=1S/C14H20N4O/c1-4-13-10(9-18(2)17-13)8-16-14-7-11(19-3)5-6-12(14)15/h5-7,9,16H,4,8,15H2,1-3H3. The molecule has 3 N–H and O–H groups in total. The molecule has 0 atom stereocenters. The first-order valence-electron chi connectivity index (χ1n) is 6.32. The molecule has 0 amide bonds. The lowest BCUT2D eigenvalue weighted by Gasteiger charge is -2.10. The molecule has 2 rings (SSSR count). The summed E-state index contributed by atoms with van der Waals surface area (Å²) < 4.78 is 7.04. The van der Waals surface area contributed by atoms with Crippen molar-refractivity contribution in [2.45, 2.75) is 19.9 Å². The molecule has 0 spiro atoms. The monoisotopic (exact) mass is 260 g/mol. The Morgan fingerprint density at radius 2 is 2.21 bits per heavy atom. The van der Waals surface area contributed by atoms with E-state index in [0.717, 1.165) is 23.6 Å². The highest BCUT2D eigenvalue weighted by molar-refractivity contribution is 5.68. The molecule has 5 nitrogen and oxygen atoms in total. The van der Waals surface area contributed by atoms with Crippen LogP contribution >= 0.6 is 0 Å². The van der Waals surface area contributed by atoms with Gasteiger partial charge < -0.3 is 15.8 Å². The van der Waals surface area contributed by atoms with Gasteiger partial charge in [0.05, 0.1) is 24.2 Å². The summed E-state index contributed by atoms with van der Waals surface area (Å²) >= 11 is 0. The van der Waals surface area contributed by atoms with E-state index in [1.807, 2.05) is 36.1 Å². The molecule has 0 saturated carbocycles. The number of anilines is 2. The molecular weight excluding hydrogens is 240 g/mol. The van der Waals surface area contributed by atoms with Crippen LogP contribution in [0, 0.1) is 0 Å². The fraction of sp³-hybridized carbons (Fsp3) is 0.357. The number of ether oxygens (including phenoxy) is 1. The normalized spacial score (nSPS) is 10.5. The van der Waals surface area contributed by atoms with E-state index in [9.17, 15) is 0 Å². The van der Waals surface area contributed by atoms with Gasteiger partial charge in [-0.05, 0) is 18.6 Å². The van der Waals surface area contributed by atoms with E-state index in [-0.39, 0.29) is 0 Å². The maximum Gasteiger partial charge on any atom is 0.121 e. The van der Waals surface area contributed by atoms with Crippen molar-refractivity contribution in [1.29, 1.82) is 0 Å². The molecule has 0 saturated heterocycles. The van der Waals surface area contributed by atoms with Gasteiger partial charge in [0.1, 0.15) is 5.75 Å². The number of nitrogens with two attached hydrogens (primary N) is 1. The highest BCUT2D eigenvalue weighted by Gasteiger charge is 2.07. The third-order valence-corrected chi connectivity index (χ3v) is 3.06. The van der Waals surface area contributed by atoms with Crippen molar-refractivity contribution in [3.63, 3.8) is 0 Å². The molecular formula is C14H20N4O. The van der Waals surface area contributed by atoms with Gasteiger partial charge in [-0.25, -0.2) is 0 Å². The first-order chi connectivity index (χ1) is 9.13. The molecule has 1 aromatic heterocycles. The average molecular weight is 260 g/mol. The van der Waals surface area contributed by atoms with Crippen LogP contribution in [0.1, 0.15) is 18.2 Å². The zero-order chi connectivity index (χ0) is 13.8. The summed E-state index contributed by atoms with van der Waals surface area (Å²) in [6.07, 6.45) is 2.95. The van der Waals surface area contributed by atoms with Crippen molar-refractivity contribution >= 4 is 11.4 Å². The molecule has 0 radical (unpaired) electrons. The van der Waals surface area contributed by atoms with Crippen LogP contribution in [0.3, 0.4) is 0 Å². The van der Waals surface area contributed by atoms with Crippen LogP contribution in [0.15, 0.2) is 24.4 Å². The van der Waals surface area contributed by atoms with Crippen molar-refractivity contribution in [3.05, 3.63) is 35.7 Å². The minimum atomic E-state index is 0.703. The third-order valence-electron chi connectivity index (χ3n) is 3.06. The Bertz CT molecular complexity index is 563. The second kappa shape index (κ2) is 5.65. The van der Waals surface area contributed by atoms with Gasteiger partial charge in [-0.1, -0.05) is 6.92 Å². The van der Waals surface area contributed by atoms with Crippen molar-refractivity contribution in [3.8, 4) is 5.75 Å². The van der Waals surface area contributed by atoms with Crippen LogP contribution in [-0.2, 0) is 20.0 Å². The molecule has 2 aromatic rings. The van der Waals surface area contributed by atoms with Gasteiger partial charge in [0.25, 0.3) is 0 Å². The number of aryl methyl sites for hydroxylation is 2. The fourth-order valence-corrected chi connectivity index (χ4v) is 2.03. The lowest BCUT2D eigenvalue weighted by molar-refractivity contribution is 0.415. The van der Waals surface area contributed by atoms with E-state index < -0.39 is 0 Å². The summed E-state index contributed by atoms with van der Waals surface area (Å²) in [6, 6.07) is 5.59. The number of hydrogen-bond acceptors (Lipinski definition) is 4. The summed E-state index contributed by atoms with van der Waals surface area (Å²) in [4.78, 5) is 0. The lowest BCUT2D eigenvalue weighted by atomic mass is 10.2. The molecule has 0 unspecified atom stereocenters. The van der Waals surface area contributed by atoms with Gasteiger partial charge in [0.15, 0.2) is 0 Å². The zero-order valence-electron chi connectivity index (χ0n) is 11.6. The Kier molecular flexibility index (Phi) is 3.94. The molecule has 0 fully saturated rings. The number of aromatic nitrogens is 2. The van der Waals surface area contributed by atoms with Crippen LogP contribution in [0.4, 0.5) is 11.4 Å². The van der Waals surface area contributed by atoms with Crippen LogP contribution in [0.2, 0.25) is 0 Å². The number of nitrogens with zero attached hydrogens (tertiary/aromatic N) is 2. The maximum absolute atomic E-state index is 5.95. The van der Waals surface area contributed by atoms with Crippen LogP contribution in [0.25, 0.3) is 0 Å². The van der Waals surface area contributed by atoms with Crippen LogP contribution in [-0.4, -0.2) is 16.9 Å². The van der Waals surface area contributed by atoms with E-state index in [1.165, 1.54) is 5.56 Å². The smallest absolute Gasteiger partial charge is 0.121 e. The number of hydrogen-bond donors (Lipinski definition) is 2. The summed E-state index contributed by atoms with van der Waals surface area (Å²) in [5.41, 5.74) is 9.83. The number of benzene rings is 1. The first kappa shape index (κ1) is 13.3. The second-order valence-corrected chi connectivity index (χ2v) is 4.43. The quantitative estimate of drug-likeness (QED) is 0.809. The van der Waals surface area contributed by atoms with Gasteiger partial charge in [0.2, 0.25) is 0 Å². The summed E-state index contributed by atoms with van der Waals surface area (Å²) in [6.45, 7) is 2.81. The SMILES string of the molecule is CCc1nn(C)cc1CNc1cc(OC)ccc1N. The molecule has 1 aromatic carbocycles. The predicted molar refractivity (Wildman–Crippen MR) is 77.3 cm³/mol. The first-order valence-corrected chi connectivity index (χ1v) is 6.32. The average Bonchev–Trinajstić information content (AvgIpc) is 2.78.